The lowest BCUT2D eigenvalue weighted by Crippen LogP contribution is -2.28. The van der Waals surface area contributed by atoms with Crippen molar-refractivity contribution in [3.8, 4) is 17.5 Å². The molecule has 0 spiro atoms. The molecule has 3 atom stereocenters. The predicted molar refractivity (Wildman–Crippen MR) is 105 cm³/mol. The second kappa shape index (κ2) is 9.03. The number of amides is 1. The van der Waals surface area contributed by atoms with Crippen molar-refractivity contribution in [2.75, 3.05) is 6.61 Å². The summed E-state index contributed by atoms with van der Waals surface area (Å²) in [4.78, 5) is 19.3. The standard InChI is InChI=1S/C20H22ClN3O4/c1-12(24-13(2)25)3-4-14-9-22-20(23-10-14)28-19-6-5-16(8-17(19)21)27-11-15-7-18(15)26/h3-6,8-10,12,15,18,26H,7,11H2,1-2H3,(H,24,25)/b4-3+/t12-,15?,18?/m0/s1. The van der Waals surface area contributed by atoms with E-state index in [9.17, 15) is 9.90 Å². The average molecular weight is 404 g/mol. The molecule has 0 bridgehead atoms. The van der Waals surface area contributed by atoms with Crippen molar-refractivity contribution in [2.45, 2.75) is 32.4 Å². The monoisotopic (exact) mass is 403 g/mol. The molecule has 0 aliphatic heterocycles. The fraction of sp³-hybridized carbons (Fsp3) is 0.350. The van der Waals surface area contributed by atoms with E-state index in [1.54, 1.807) is 30.6 Å². The highest BCUT2D eigenvalue weighted by Crippen LogP contribution is 2.34. The maximum atomic E-state index is 11.0. The highest BCUT2D eigenvalue weighted by atomic mass is 35.5. The van der Waals surface area contributed by atoms with Gasteiger partial charge in [-0.1, -0.05) is 23.8 Å². The first kappa shape index (κ1) is 20.1. The van der Waals surface area contributed by atoms with Gasteiger partial charge in [0.1, 0.15) is 11.5 Å². The molecule has 1 fully saturated rings. The normalized spacial score (nSPS) is 19.3. The highest BCUT2D eigenvalue weighted by Gasteiger charge is 2.35. The summed E-state index contributed by atoms with van der Waals surface area (Å²) in [5.74, 6) is 1.15. The summed E-state index contributed by atoms with van der Waals surface area (Å²) < 4.78 is 11.2. The van der Waals surface area contributed by atoms with Gasteiger partial charge in [-0.25, -0.2) is 9.97 Å². The van der Waals surface area contributed by atoms with Crippen LogP contribution in [-0.4, -0.2) is 39.7 Å². The molecule has 1 aromatic carbocycles. The molecule has 7 nitrogen and oxygen atoms in total. The third-order valence-corrected chi connectivity index (χ3v) is 4.41. The SMILES string of the molecule is CC(=O)N[C@@H](C)/C=C/c1cnc(Oc2ccc(OCC3CC3O)cc2Cl)nc1. The minimum absolute atomic E-state index is 0.0869. The molecule has 8 heteroatoms. The summed E-state index contributed by atoms with van der Waals surface area (Å²) in [6.45, 7) is 3.82. The van der Waals surface area contributed by atoms with Crippen LogP contribution in [0.4, 0.5) is 0 Å². The molecule has 2 unspecified atom stereocenters. The van der Waals surface area contributed by atoms with Crippen molar-refractivity contribution >= 4 is 23.6 Å². The number of hydrogen-bond acceptors (Lipinski definition) is 6. The summed E-state index contributed by atoms with van der Waals surface area (Å²) >= 11 is 6.24. The van der Waals surface area contributed by atoms with E-state index in [1.165, 1.54) is 6.92 Å². The molecule has 1 amide bonds. The number of ether oxygens (including phenoxy) is 2. The van der Waals surface area contributed by atoms with Crippen LogP contribution in [-0.2, 0) is 4.79 Å². The Morgan fingerprint density at radius 2 is 2.14 bits per heavy atom. The van der Waals surface area contributed by atoms with Crippen LogP contribution in [0.15, 0.2) is 36.7 Å². The van der Waals surface area contributed by atoms with Crippen LogP contribution in [0.5, 0.6) is 17.5 Å². The first-order chi connectivity index (χ1) is 13.4. The lowest BCUT2D eigenvalue weighted by Gasteiger charge is -2.09. The number of carbonyl (C=O) groups is 1. The largest absolute Gasteiger partial charge is 0.493 e. The molecule has 2 aromatic rings. The number of aliphatic hydroxyl groups is 1. The minimum atomic E-state index is -0.248. The van der Waals surface area contributed by atoms with E-state index in [0.29, 0.717) is 23.1 Å². The molecular formula is C20H22ClN3O4. The minimum Gasteiger partial charge on any atom is -0.493 e. The van der Waals surface area contributed by atoms with Crippen LogP contribution in [0.3, 0.4) is 0 Å². The van der Waals surface area contributed by atoms with E-state index >= 15 is 0 Å². The molecule has 0 saturated heterocycles. The summed E-state index contributed by atoms with van der Waals surface area (Å²) in [5, 5.41) is 12.5. The number of halogens is 1. The lowest BCUT2D eigenvalue weighted by molar-refractivity contribution is -0.119. The molecule has 28 heavy (non-hydrogen) atoms. The van der Waals surface area contributed by atoms with Crippen molar-refractivity contribution in [1.29, 1.82) is 0 Å². The van der Waals surface area contributed by atoms with Gasteiger partial charge < -0.3 is 19.9 Å². The second-order valence-electron chi connectivity index (χ2n) is 6.72. The Morgan fingerprint density at radius 3 is 2.75 bits per heavy atom. The topological polar surface area (TPSA) is 93.6 Å². The maximum absolute atomic E-state index is 11.0. The number of aliphatic hydroxyl groups excluding tert-OH is 1. The van der Waals surface area contributed by atoms with E-state index in [-0.39, 0.29) is 30.0 Å². The number of aromatic nitrogens is 2. The highest BCUT2D eigenvalue weighted by molar-refractivity contribution is 6.32. The number of nitrogens with zero attached hydrogens (tertiary/aromatic N) is 2. The molecular weight excluding hydrogens is 382 g/mol. The number of carbonyl (C=O) groups excluding carboxylic acids is 1. The second-order valence-corrected chi connectivity index (χ2v) is 7.12. The lowest BCUT2D eigenvalue weighted by atomic mass is 10.2. The Labute approximate surface area is 168 Å². The molecule has 1 heterocycles. The van der Waals surface area contributed by atoms with Crippen LogP contribution in [0, 0.1) is 5.92 Å². The van der Waals surface area contributed by atoms with E-state index < -0.39 is 0 Å². The third kappa shape index (κ3) is 5.94. The van der Waals surface area contributed by atoms with Crippen LogP contribution >= 0.6 is 11.6 Å². The van der Waals surface area contributed by atoms with Crippen molar-refractivity contribution in [3.63, 3.8) is 0 Å². The van der Waals surface area contributed by atoms with Crippen molar-refractivity contribution in [1.82, 2.24) is 15.3 Å². The van der Waals surface area contributed by atoms with Crippen molar-refractivity contribution in [2.24, 2.45) is 5.92 Å². The van der Waals surface area contributed by atoms with E-state index in [1.807, 2.05) is 19.1 Å². The van der Waals surface area contributed by atoms with Crippen LogP contribution in [0.25, 0.3) is 6.08 Å². The zero-order chi connectivity index (χ0) is 20.1. The molecule has 1 aliphatic rings. The van der Waals surface area contributed by atoms with Gasteiger partial charge in [0.15, 0.2) is 0 Å². The average Bonchev–Trinajstić information content (AvgIpc) is 3.36. The first-order valence-electron chi connectivity index (χ1n) is 8.96. The smallest absolute Gasteiger partial charge is 0.321 e. The summed E-state index contributed by atoms with van der Waals surface area (Å²) in [6.07, 6.45) is 7.43. The number of hydrogen-bond donors (Lipinski definition) is 2. The number of benzene rings is 1. The number of nitrogens with one attached hydrogen (secondary N) is 1. The molecule has 1 saturated carbocycles. The predicted octanol–water partition coefficient (Wildman–Crippen LogP) is 3.22. The number of rotatable bonds is 8. The van der Waals surface area contributed by atoms with Crippen LogP contribution in [0.2, 0.25) is 5.02 Å². The van der Waals surface area contributed by atoms with E-state index in [2.05, 4.69) is 15.3 Å². The van der Waals surface area contributed by atoms with Gasteiger partial charge in [0.05, 0.1) is 17.7 Å². The van der Waals surface area contributed by atoms with Gasteiger partial charge in [-0.15, -0.1) is 0 Å². The van der Waals surface area contributed by atoms with Gasteiger partial charge in [-0.05, 0) is 25.5 Å². The van der Waals surface area contributed by atoms with Gasteiger partial charge >= 0.3 is 6.01 Å². The fourth-order valence-corrected chi connectivity index (χ4v) is 2.66. The zero-order valence-corrected chi connectivity index (χ0v) is 16.4. The molecule has 2 N–H and O–H groups in total. The van der Waals surface area contributed by atoms with Gasteiger partial charge in [-0.3, -0.25) is 4.79 Å². The maximum Gasteiger partial charge on any atom is 0.321 e. The van der Waals surface area contributed by atoms with Crippen molar-refractivity contribution in [3.05, 3.63) is 47.3 Å². The Morgan fingerprint density at radius 1 is 1.43 bits per heavy atom. The van der Waals surface area contributed by atoms with Crippen molar-refractivity contribution < 1.29 is 19.4 Å². The molecule has 1 aliphatic carbocycles. The summed E-state index contributed by atoms with van der Waals surface area (Å²) in [5.41, 5.74) is 0.779. The molecule has 3 rings (SSSR count). The Kier molecular flexibility index (Phi) is 6.49. The van der Waals surface area contributed by atoms with Gasteiger partial charge in [0.25, 0.3) is 0 Å². The zero-order valence-electron chi connectivity index (χ0n) is 15.6. The quantitative estimate of drug-likeness (QED) is 0.702. The molecule has 148 valence electrons. The molecule has 1 aromatic heterocycles. The summed E-state index contributed by atoms with van der Waals surface area (Å²) in [6, 6.07) is 5.18. The van der Waals surface area contributed by atoms with E-state index in [4.69, 9.17) is 21.1 Å². The van der Waals surface area contributed by atoms with Gasteiger partial charge in [0.2, 0.25) is 5.91 Å². The van der Waals surface area contributed by atoms with Gasteiger partial charge in [0, 0.05) is 42.9 Å². The van der Waals surface area contributed by atoms with Crippen LogP contribution in [0.1, 0.15) is 25.8 Å². The Hall–Kier alpha value is -2.64. The van der Waals surface area contributed by atoms with Crippen LogP contribution < -0.4 is 14.8 Å². The molecule has 0 radical (unpaired) electrons. The van der Waals surface area contributed by atoms with E-state index in [0.717, 1.165) is 12.0 Å². The third-order valence-electron chi connectivity index (χ3n) is 4.11. The van der Waals surface area contributed by atoms with Gasteiger partial charge in [-0.2, -0.15) is 0 Å². The first-order valence-corrected chi connectivity index (χ1v) is 9.34. The Balaban J connectivity index is 1.56. The fourth-order valence-electron chi connectivity index (χ4n) is 2.46. The Bertz CT molecular complexity index is 857. The summed E-state index contributed by atoms with van der Waals surface area (Å²) in [7, 11) is 0.